The third kappa shape index (κ3) is 7.30. The molecule has 4 atom stereocenters. The second kappa shape index (κ2) is 15.9. The average molecular weight is 846 g/mol. The highest BCUT2D eigenvalue weighted by Gasteiger charge is 2.53. The number of aliphatic hydroxyl groups excluding tert-OH is 2. The zero-order chi connectivity index (χ0) is 43.5. The summed E-state index contributed by atoms with van der Waals surface area (Å²) in [5.74, 6) is -6.76. The molecule has 0 bridgehead atoms. The standard InChI is InChI=1S/C40H43N7O12S/c1-17(42-26(50)6-7-47-27(51)8-25(60)38(47)58)36(56)43-18(2)37(57)44-20-14-45(15-20)11-19-12-46(13-19)39(59)40(16-41)9-22-29(24(49)10-40)35(55)31-30(33(22)53)32(52)21-4-3-5-23(48)28(21)34(31)54/h4,8,17-20,24,49,53-55,60H,3,5-7,9-15H2,1-2H3,(H,42,50)(H,43,56)(H,44,57)/t17-,18?,24?,40?/m0/s1. The summed E-state index contributed by atoms with van der Waals surface area (Å²) >= 11 is 3.90. The number of carbonyl (C=O) groups excluding carboxylic acids is 8. The molecule has 7 rings (SSSR count). The molecule has 19 nitrogen and oxygen atoms in total. The molecule has 3 aliphatic heterocycles. The molecule has 3 aliphatic carbocycles. The summed E-state index contributed by atoms with van der Waals surface area (Å²) in [6.45, 7) is 4.92. The lowest BCUT2D eigenvalue weighted by Gasteiger charge is -2.48. The summed E-state index contributed by atoms with van der Waals surface area (Å²) in [6, 6.07) is -0.115. The van der Waals surface area contributed by atoms with Crippen molar-refractivity contribution in [2.45, 2.75) is 70.2 Å². The highest BCUT2D eigenvalue weighted by Crippen LogP contribution is 2.54. The lowest BCUT2D eigenvalue weighted by Crippen LogP contribution is -2.65. The molecule has 0 aromatic heterocycles. The molecule has 0 radical (unpaired) electrons. The summed E-state index contributed by atoms with van der Waals surface area (Å²) in [6.07, 6.45) is 0.0788. The van der Waals surface area contributed by atoms with Gasteiger partial charge in [0.05, 0.1) is 39.8 Å². The second-order valence-electron chi connectivity index (χ2n) is 16.2. The van der Waals surface area contributed by atoms with E-state index in [1.165, 1.54) is 24.8 Å². The monoisotopic (exact) mass is 845 g/mol. The van der Waals surface area contributed by atoms with Gasteiger partial charge in [-0.3, -0.25) is 48.2 Å². The number of nitrogens with zero attached hydrogens (tertiary/aromatic N) is 4. The Balaban J connectivity index is 0.872. The molecule has 1 aromatic carbocycles. The topological polar surface area (TPSA) is 287 Å². The number of carbonyl (C=O) groups is 8. The van der Waals surface area contributed by atoms with Gasteiger partial charge >= 0.3 is 0 Å². The summed E-state index contributed by atoms with van der Waals surface area (Å²) in [5.41, 5.74) is -3.56. The maximum Gasteiger partial charge on any atom is 0.267 e. The number of hydrogen-bond donors (Lipinski definition) is 8. The van der Waals surface area contributed by atoms with Gasteiger partial charge in [-0.05, 0) is 20.3 Å². The van der Waals surface area contributed by atoms with Crippen molar-refractivity contribution >= 4 is 65.4 Å². The maximum absolute atomic E-state index is 13.9. The number of nitrogens with one attached hydrogen (secondary N) is 3. The van der Waals surface area contributed by atoms with E-state index in [2.05, 4.69) is 33.5 Å². The van der Waals surface area contributed by atoms with E-state index in [-0.39, 0.29) is 64.9 Å². The Morgan fingerprint density at radius 2 is 1.67 bits per heavy atom. The molecule has 60 heavy (non-hydrogen) atoms. The van der Waals surface area contributed by atoms with Crippen molar-refractivity contribution in [2.75, 3.05) is 39.3 Å². The fourth-order valence-electron chi connectivity index (χ4n) is 8.69. The van der Waals surface area contributed by atoms with E-state index in [0.717, 1.165) is 11.0 Å². The number of aliphatic hydroxyl groups is 2. The number of phenolic OH excluding ortho intramolecular Hbond substituents is 2. The molecular formula is C40H43N7O12S. The molecular weight excluding hydrogens is 803 g/mol. The third-order valence-corrected chi connectivity index (χ3v) is 12.2. The average Bonchev–Trinajstić information content (AvgIpc) is 3.41. The van der Waals surface area contributed by atoms with E-state index in [1.807, 2.05) is 6.07 Å². The van der Waals surface area contributed by atoms with Crippen LogP contribution in [0.2, 0.25) is 0 Å². The predicted molar refractivity (Wildman–Crippen MR) is 209 cm³/mol. The Bertz CT molecular complexity index is 2300. The van der Waals surface area contributed by atoms with Gasteiger partial charge in [0, 0.05) is 93.6 Å². The first kappa shape index (κ1) is 42.1. The zero-order valence-electron chi connectivity index (χ0n) is 32.6. The normalized spacial score (nSPS) is 23.9. The number of benzene rings is 1. The van der Waals surface area contributed by atoms with Crippen molar-refractivity contribution in [1.29, 1.82) is 5.26 Å². The SMILES string of the molecule is CC(NC(=O)[C@H](C)NC(=O)CCN1C(=O)C=C(S)C1=O)C(=O)NC1CN(CC2CN(C(=O)C3(C#N)Cc4c(O)c5c(c(O)c4C(O)C3)C(O)=C3C(=O)CCC=C3C5=O)C2)C1. The Morgan fingerprint density at radius 1 is 0.983 bits per heavy atom. The van der Waals surface area contributed by atoms with Gasteiger partial charge in [-0.1, -0.05) is 6.08 Å². The van der Waals surface area contributed by atoms with Crippen molar-refractivity contribution in [3.63, 3.8) is 0 Å². The van der Waals surface area contributed by atoms with Crippen LogP contribution in [0.1, 0.15) is 72.7 Å². The largest absolute Gasteiger partial charge is 0.507 e. The van der Waals surface area contributed by atoms with Crippen molar-refractivity contribution in [3.05, 3.63) is 50.5 Å². The van der Waals surface area contributed by atoms with Gasteiger partial charge in [0.1, 0.15) is 34.8 Å². The van der Waals surface area contributed by atoms with E-state index < -0.39 is 112 Å². The number of aromatic hydroxyl groups is 2. The first-order chi connectivity index (χ1) is 28.3. The van der Waals surface area contributed by atoms with Gasteiger partial charge in [-0.25, -0.2) is 0 Å². The number of amides is 6. The van der Waals surface area contributed by atoms with Crippen LogP contribution in [0.4, 0.5) is 0 Å². The Hall–Kier alpha value is -6.04. The minimum absolute atomic E-state index is 0.0252. The molecule has 1 aromatic rings. The van der Waals surface area contributed by atoms with Crippen LogP contribution in [0.3, 0.4) is 0 Å². The predicted octanol–water partition coefficient (Wildman–Crippen LogP) is -0.817. The van der Waals surface area contributed by atoms with Crippen molar-refractivity contribution in [3.8, 4) is 17.6 Å². The molecule has 3 unspecified atom stereocenters. The number of hydrogen-bond acceptors (Lipinski definition) is 15. The molecule has 7 N–H and O–H groups in total. The molecule has 2 fully saturated rings. The quantitative estimate of drug-likeness (QED) is 0.0768. The van der Waals surface area contributed by atoms with Crippen molar-refractivity contribution < 1.29 is 58.8 Å². The highest BCUT2D eigenvalue weighted by atomic mass is 32.1. The summed E-state index contributed by atoms with van der Waals surface area (Å²) in [7, 11) is 0. The Kier molecular flexibility index (Phi) is 11.1. The van der Waals surface area contributed by atoms with Crippen molar-refractivity contribution in [1.82, 2.24) is 30.7 Å². The molecule has 2 saturated heterocycles. The van der Waals surface area contributed by atoms with Crippen LogP contribution in [0.5, 0.6) is 11.5 Å². The van der Waals surface area contributed by atoms with Gasteiger partial charge in [0.2, 0.25) is 23.6 Å². The maximum atomic E-state index is 13.9. The number of likely N-dealkylation sites (tertiary alicyclic amines) is 2. The number of allylic oxidation sites excluding steroid dienone is 3. The second-order valence-corrected chi connectivity index (χ2v) is 16.6. The summed E-state index contributed by atoms with van der Waals surface area (Å²) in [5, 5.41) is 63.2. The number of imide groups is 1. The van der Waals surface area contributed by atoms with Crippen LogP contribution in [0.15, 0.2) is 28.2 Å². The van der Waals surface area contributed by atoms with E-state index in [0.29, 0.717) is 32.7 Å². The van der Waals surface area contributed by atoms with Gasteiger partial charge in [-0.15, -0.1) is 12.6 Å². The van der Waals surface area contributed by atoms with E-state index in [4.69, 9.17) is 0 Å². The number of fused-ring (bicyclic) bond motifs is 3. The van der Waals surface area contributed by atoms with Crippen LogP contribution in [0, 0.1) is 22.7 Å². The van der Waals surface area contributed by atoms with Gasteiger partial charge in [-0.2, -0.15) is 5.26 Å². The summed E-state index contributed by atoms with van der Waals surface area (Å²) in [4.78, 5) is 106. The number of thiol groups is 1. The number of rotatable bonds is 11. The van der Waals surface area contributed by atoms with E-state index in [1.54, 1.807) is 0 Å². The smallest absolute Gasteiger partial charge is 0.267 e. The molecule has 6 amide bonds. The van der Waals surface area contributed by atoms with Gasteiger partial charge < -0.3 is 41.3 Å². The van der Waals surface area contributed by atoms with Crippen LogP contribution in [-0.4, -0.2) is 140 Å². The van der Waals surface area contributed by atoms with Gasteiger partial charge in [0.15, 0.2) is 11.6 Å². The van der Waals surface area contributed by atoms with Crippen LogP contribution in [-0.2, 0) is 40.0 Å². The third-order valence-electron chi connectivity index (χ3n) is 11.9. The number of phenols is 2. The Morgan fingerprint density at radius 3 is 2.32 bits per heavy atom. The molecule has 316 valence electrons. The highest BCUT2D eigenvalue weighted by molar-refractivity contribution is 7.85. The molecule has 3 heterocycles. The minimum Gasteiger partial charge on any atom is -0.507 e. The number of ketones is 2. The zero-order valence-corrected chi connectivity index (χ0v) is 33.5. The first-order valence-corrected chi connectivity index (χ1v) is 19.9. The van der Waals surface area contributed by atoms with Crippen LogP contribution in [0.25, 0.3) is 5.76 Å². The fourth-order valence-corrected chi connectivity index (χ4v) is 8.92. The van der Waals surface area contributed by atoms with E-state index >= 15 is 0 Å². The van der Waals surface area contributed by atoms with Crippen LogP contribution >= 0.6 is 12.6 Å². The summed E-state index contributed by atoms with van der Waals surface area (Å²) < 4.78 is 0. The lowest BCUT2D eigenvalue weighted by atomic mass is 9.67. The van der Waals surface area contributed by atoms with Crippen molar-refractivity contribution in [2.24, 2.45) is 11.3 Å². The number of nitriles is 1. The molecule has 20 heteroatoms. The van der Waals surface area contributed by atoms with Gasteiger partial charge in [0.25, 0.3) is 11.8 Å². The Labute approximate surface area is 348 Å². The minimum atomic E-state index is -1.84. The number of Topliss-reactive ketones (excluding diaryl/α,β-unsaturated/α-hetero) is 2. The first-order valence-electron chi connectivity index (χ1n) is 19.5. The molecule has 0 spiro atoms. The lowest BCUT2D eigenvalue weighted by molar-refractivity contribution is -0.149. The van der Waals surface area contributed by atoms with Crippen LogP contribution < -0.4 is 16.0 Å². The molecule has 0 saturated carbocycles. The van der Waals surface area contributed by atoms with E-state index in [9.17, 15) is 64.0 Å². The molecule has 6 aliphatic rings. The fraction of sp³-hybridized carbons (Fsp3) is 0.475.